The van der Waals surface area contributed by atoms with Crippen molar-refractivity contribution in [2.24, 2.45) is 0 Å². The number of halogens is 1. The molecule has 2 amide bonds. The molecule has 0 saturated carbocycles. The van der Waals surface area contributed by atoms with Crippen molar-refractivity contribution in [3.63, 3.8) is 0 Å². The zero-order valence-electron chi connectivity index (χ0n) is 18.6. The number of hydrogen-bond acceptors (Lipinski definition) is 5. The number of fused-ring (bicyclic) bond motifs is 2. The smallest absolute Gasteiger partial charge is 0.246 e. The minimum absolute atomic E-state index is 0. The molecule has 0 spiro atoms. The molecule has 0 unspecified atom stereocenters. The van der Waals surface area contributed by atoms with E-state index in [1.807, 2.05) is 51.1 Å². The van der Waals surface area contributed by atoms with Crippen LogP contribution in [0.2, 0.25) is 0 Å². The average molecular weight is 455 g/mol. The lowest BCUT2D eigenvalue weighted by molar-refractivity contribution is -0.125. The molecule has 1 aromatic carbocycles. The average Bonchev–Trinajstić information content (AvgIpc) is 3.00. The number of carbonyl (C=O) groups excluding carboxylic acids is 2. The van der Waals surface area contributed by atoms with Crippen molar-refractivity contribution in [2.45, 2.75) is 39.4 Å². The third kappa shape index (κ3) is 4.69. The summed E-state index contributed by atoms with van der Waals surface area (Å²) in [7, 11) is 1.75. The number of pyridine rings is 1. The molecule has 1 aliphatic heterocycles. The summed E-state index contributed by atoms with van der Waals surface area (Å²) < 4.78 is 5.91. The maximum atomic E-state index is 12.6. The number of rotatable bonds is 4. The maximum absolute atomic E-state index is 12.6. The van der Waals surface area contributed by atoms with Gasteiger partial charge in [0.05, 0.1) is 12.1 Å². The first-order valence-corrected chi connectivity index (χ1v) is 10.2. The van der Waals surface area contributed by atoms with Crippen LogP contribution >= 0.6 is 12.4 Å². The first-order chi connectivity index (χ1) is 14.7. The fraction of sp³-hybridized carbons (Fsp3) is 0.292. The minimum Gasteiger partial charge on any atom is -0.459 e. The second kappa shape index (κ2) is 9.14. The van der Waals surface area contributed by atoms with Crippen molar-refractivity contribution in [3.05, 3.63) is 65.1 Å². The molecule has 0 bridgehead atoms. The Labute approximate surface area is 193 Å². The van der Waals surface area contributed by atoms with Gasteiger partial charge in [0.2, 0.25) is 11.8 Å². The van der Waals surface area contributed by atoms with Crippen molar-refractivity contribution in [1.82, 2.24) is 15.2 Å². The number of hydrogen-bond donors (Lipinski definition) is 2. The highest BCUT2D eigenvalue weighted by Crippen LogP contribution is 2.26. The highest BCUT2D eigenvalue weighted by Gasteiger charge is 2.30. The van der Waals surface area contributed by atoms with E-state index >= 15 is 0 Å². The van der Waals surface area contributed by atoms with Gasteiger partial charge < -0.3 is 14.6 Å². The molecular weight excluding hydrogens is 428 g/mol. The summed E-state index contributed by atoms with van der Waals surface area (Å²) in [5.74, 6) is 1.06. The molecule has 8 heteroatoms. The van der Waals surface area contributed by atoms with Crippen LogP contribution in [0.15, 0.2) is 47.0 Å². The SMILES string of the molecule is Cc1c(CN(C)C(=O)/C=C/c2cnc3c(c2)CNC(C)(C)C(=O)N3)oc2ccccc12.Cl. The summed E-state index contributed by atoms with van der Waals surface area (Å²) in [6.45, 7) is 6.55. The molecule has 1 aliphatic rings. The van der Waals surface area contributed by atoms with E-state index < -0.39 is 5.54 Å². The van der Waals surface area contributed by atoms with Crippen LogP contribution in [0.5, 0.6) is 0 Å². The van der Waals surface area contributed by atoms with Gasteiger partial charge in [-0.3, -0.25) is 14.9 Å². The standard InChI is InChI=1S/C24H26N4O3.ClH/c1-15-18-7-5-6-8-19(18)31-20(15)14-28(4)21(29)10-9-16-11-17-13-26-24(2,3)23(30)27-22(17)25-12-16;/h5-12,26H,13-14H2,1-4H3,(H,25,27,30);1H/b10-9+;. The van der Waals surface area contributed by atoms with Crippen LogP contribution < -0.4 is 10.6 Å². The molecular formula is C24H27ClN4O3. The van der Waals surface area contributed by atoms with E-state index in [1.54, 1.807) is 24.2 Å². The number of para-hydroxylation sites is 1. The summed E-state index contributed by atoms with van der Waals surface area (Å²) in [4.78, 5) is 30.8. The van der Waals surface area contributed by atoms with Gasteiger partial charge in [-0.15, -0.1) is 12.4 Å². The molecule has 168 valence electrons. The van der Waals surface area contributed by atoms with Gasteiger partial charge in [0.1, 0.15) is 17.2 Å². The molecule has 0 atom stereocenters. The highest BCUT2D eigenvalue weighted by atomic mass is 35.5. The molecule has 0 saturated heterocycles. The highest BCUT2D eigenvalue weighted by molar-refractivity contribution is 5.98. The molecule has 3 heterocycles. The summed E-state index contributed by atoms with van der Waals surface area (Å²) in [5.41, 5.74) is 2.86. The lowest BCUT2D eigenvalue weighted by Gasteiger charge is -2.21. The lowest BCUT2D eigenvalue weighted by Crippen LogP contribution is -2.47. The Morgan fingerprint density at radius 3 is 2.81 bits per heavy atom. The summed E-state index contributed by atoms with van der Waals surface area (Å²) >= 11 is 0. The molecule has 2 aromatic heterocycles. The Bertz CT molecular complexity index is 1200. The van der Waals surface area contributed by atoms with Gasteiger partial charge in [-0.1, -0.05) is 18.2 Å². The van der Waals surface area contributed by atoms with Crippen LogP contribution in [-0.4, -0.2) is 34.3 Å². The van der Waals surface area contributed by atoms with E-state index in [-0.39, 0.29) is 24.2 Å². The van der Waals surface area contributed by atoms with Gasteiger partial charge in [0.25, 0.3) is 0 Å². The Hall–Kier alpha value is -3.16. The van der Waals surface area contributed by atoms with Crippen molar-refractivity contribution in [2.75, 3.05) is 12.4 Å². The van der Waals surface area contributed by atoms with Crippen molar-refractivity contribution in [3.8, 4) is 0 Å². The van der Waals surface area contributed by atoms with Gasteiger partial charge in [0, 0.05) is 42.4 Å². The van der Waals surface area contributed by atoms with Crippen LogP contribution in [0.3, 0.4) is 0 Å². The van der Waals surface area contributed by atoms with Crippen LogP contribution in [0.4, 0.5) is 5.82 Å². The van der Waals surface area contributed by atoms with Crippen molar-refractivity contribution >= 4 is 47.1 Å². The Morgan fingerprint density at radius 2 is 2.06 bits per heavy atom. The van der Waals surface area contributed by atoms with Gasteiger partial charge in [-0.25, -0.2) is 4.98 Å². The fourth-order valence-corrected chi connectivity index (χ4v) is 3.49. The number of benzene rings is 1. The first kappa shape index (κ1) is 23.5. The van der Waals surface area contributed by atoms with Gasteiger partial charge >= 0.3 is 0 Å². The number of amides is 2. The van der Waals surface area contributed by atoms with Crippen LogP contribution in [0, 0.1) is 6.92 Å². The zero-order chi connectivity index (χ0) is 22.2. The topological polar surface area (TPSA) is 87.5 Å². The molecule has 3 aromatic rings. The molecule has 32 heavy (non-hydrogen) atoms. The van der Waals surface area contributed by atoms with E-state index in [9.17, 15) is 9.59 Å². The fourth-order valence-electron chi connectivity index (χ4n) is 3.49. The largest absolute Gasteiger partial charge is 0.459 e. The number of aryl methyl sites for hydroxylation is 1. The quantitative estimate of drug-likeness (QED) is 0.581. The third-order valence-corrected chi connectivity index (χ3v) is 5.63. The third-order valence-electron chi connectivity index (χ3n) is 5.63. The second-order valence-electron chi connectivity index (χ2n) is 8.38. The first-order valence-electron chi connectivity index (χ1n) is 10.2. The summed E-state index contributed by atoms with van der Waals surface area (Å²) in [6, 6.07) is 9.77. The monoisotopic (exact) mass is 454 g/mol. The Morgan fingerprint density at radius 1 is 1.31 bits per heavy atom. The lowest BCUT2D eigenvalue weighted by atomic mass is 10.1. The van der Waals surface area contributed by atoms with E-state index in [2.05, 4.69) is 15.6 Å². The van der Waals surface area contributed by atoms with Crippen LogP contribution in [0.25, 0.3) is 17.0 Å². The number of nitrogens with zero attached hydrogens (tertiary/aromatic N) is 2. The van der Waals surface area contributed by atoms with E-state index in [0.29, 0.717) is 18.9 Å². The second-order valence-corrected chi connectivity index (χ2v) is 8.38. The predicted molar refractivity (Wildman–Crippen MR) is 127 cm³/mol. The van der Waals surface area contributed by atoms with E-state index in [1.165, 1.54) is 6.08 Å². The van der Waals surface area contributed by atoms with Crippen molar-refractivity contribution < 1.29 is 14.0 Å². The summed E-state index contributed by atoms with van der Waals surface area (Å²) in [6.07, 6.45) is 4.90. The molecule has 0 radical (unpaired) electrons. The minimum atomic E-state index is -0.676. The summed E-state index contributed by atoms with van der Waals surface area (Å²) in [5, 5.41) is 7.13. The van der Waals surface area contributed by atoms with E-state index in [0.717, 1.165) is 33.4 Å². The predicted octanol–water partition coefficient (Wildman–Crippen LogP) is 4.05. The van der Waals surface area contributed by atoms with E-state index in [4.69, 9.17) is 4.42 Å². The van der Waals surface area contributed by atoms with Gasteiger partial charge in [-0.05, 0) is 44.5 Å². The van der Waals surface area contributed by atoms with Crippen LogP contribution in [-0.2, 0) is 22.7 Å². The Balaban J connectivity index is 0.00000289. The van der Waals surface area contributed by atoms with Gasteiger partial charge in [0.15, 0.2) is 0 Å². The van der Waals surface area contributed by atoms with Gasteiger partial charge in [-0.2, -0.15) is 0 Å². The number of aromatic nitrogens is 1. The zero-order valence-corrected chi connectivity index (χ0v) is 19.4. The Kier molecular flexibility index (Phi) is 6.71. The number of nitrogens with one attached hydrogen (secondary N) is 2. The molecule has 2 N–H and O–H groups in total. The van der Waals surface area contributed by atoms with Crippen LogP contribution in [0.1, 0.15) is 36.3 Å². The van der Waals surface area contributed by atoms with Crippen molar-refractivity contribution in [1.29, 1.82) is 0 Å². The number of carbonyl (C=O) groups is 2. The normalized spacial score (nSPS) is 15.1. The molecule has 0 aliphatic carbocycles. The molecule has 4 rings (SSSR count). The molecule has 0 fully saturated rings. The number of anilines is 1. The number of likely N-dealkylation sites (N-methyl/N-ethyl adjacent to an activating group) is 1. The maximum Gasteiger partial charge on any atom is 0.246 e. The molecule has 7 nitrogen and oxygen atoms in total. The number of furan rings is 1.